The molecule has 0 aliphatic carbocycles. The van der Waals surface area contributed by atoms with Gasteiger partial charge < -0.3 is 26.8 Å². The molecular formula is C12H16Cl2NO3-. The van der Waals surface area contributed by atoms with Gasteiger partial charge in [-0.1, -0.05) is 11.6 Å². The van der Waals surface area contributed by atoms with Gasteiger partial charge in [-0.3, -0.25) is 0 Å². The van der Waals surface area contributed by atoms with E-state index in [-0.39, 0.29) is 25.0 Å². The molecule has 0 bridgehead atoms. The lowest BCUT2D eigenvalue weighted by Gasteiger charge is -2.10. The maximum atomic E-state index is 11.3. The van der Waals surface area contributed by atoms with Gasteiger partial charge in [-0.05, 0) is 38.4 Å². The van der Waals surface area contributed by atoms with Crippen LogP contribution in [0.5, 0.6) is 5.75 Å². The zero-order valence-electron chi connectivity index (χ0n) is 10.4. The third kappa shape index (κ3) is 7.37. The van der Waals surface area contributed by atoms with E-state index in [0.717, 1.165) is 0 Å². The number of benzene rings is 1. The van der Waals surface area contributed by atoms with E-state index in [0.29, 0.717) is 23.9 Å². The summed E-state index contributed by atoms with van der Waals surface area (Å²) in [7, 11) is 3.83. The molecule has 4 nitrogen and oxygen atoms in total. The number of hydrogen-bond donors (Lipinski definition) is 0. The highest BCUT2D eigenvalue weighted by molar-refractivity contribution is 6.30. The normalized spacial score (nSPS) is 9.78. The quantitative estimate of drug-likeness (QED) is 0.620. The molecule has 1 rings (SSSR count). The number of likely N-dealkylation sites (N-methyl/N-ethyl adjacent to an activating group) is 1. The van der Waals surface area contributed by atoms with Gasteiger partial charge in [0.15, 0.2) is 6.61 Å². The second-order valence-corrected chi connectivity index (χ2v) is 4.20. The average molecular weight is 293 g/mol. The Kier molecular flexibility index (Phi) is 8.54. The first-order chi connectivity index (χ1) is 8.08. The lowest BCUT2D eigenvalue weighted by atomic mass is 10.3. The molecule has 0 aliphatic rings. The number of carbonyl (C=O) groups excluding carboxylic acids is 1. The van der Waals surface area contributed by atoms with Crippen LogP contribution < -0.4 is 17.1 Å². The topological polar surface area (TPSA) is 38.8 Å². The van der Waals surface area contributed by atoms with Gasteiger partial charge in [0.2, 0.25) is 0 Å². The molecule has 0 heterocycles. The van der Waals surface area contributed by atoms with E-state index < -0.39 is 0 Å². The van der Waals surface area contributed by atoms with Gasteiger partial charge in [0.05, 0.1) is 0 Å². The number of carbonyl (C=O) groups is 1. The fourth-order valence-corrected chi connectivity index (χ4v) is 1.18. The van der Waals surface area contributed by atoms with Crippen molar-refractivity contribution in [3.05, 3.63) is 29.3 Å². The molecule has 0 atom stereocenters. The van der Waals surface area contributed by atoms with Crippen molar-refractivity contribution in [1.29, 1.82) is 0 Å². The molecule has 1 aromatic carbocycles. The van der Waals surface area contributed by atoms with Gasteiger partial charge in [0.1, 0.15) is 12.4 Å². The van der Waals surface area contributed by atoms with Crippen molar-refractivity contribution in [2.75, 3.05) is 33.9 Å². The van der Waals surface area contributed by atoms with Crippen molar-refractivity contribution in [3.63, 3.8) is 0 Å². The summed E-state index contributed by atoms with van der Waals surface area (Å²) in [4.78, 5) is 13.2. The van der Waals surface area contributed by atoms with Gasteiger partial charge in [0, 0.05) is 11.6 Å². The van der Waals surface area contributed by atoms with E-state index in [2.05, 4.69) is 0 Å². The van der Waals surface area contributed by atoms with Crippen LogP contribution in [0, 0.1) is 0 Å². The Hall–Kier alpha value is -0.970. The minimum atomic E-state index is -0.373. The van der Waals surface area contributed by atoms with Crippen LogP contribution in [0.2, 0.25) is 5.02 Å². The highest BCUT2D eigenvalue weighted by Crippen LogP contribution is 2.15. The molecule has 0 saturated heterocycles. The lowest BCUT2D eigenvalue weighted by Crippen LogP contribution is -3.00. The smallest absolute Gasteiger partial charge is 0.344 e. The van der Waals surface area contributed by atoms with E-state index in [1.807, 2.05) is 19.0 Å². The van der Waals surface area contributed by atoms with Gasteiger partial charge in [0.25, 0.3) is 0 Å². The highest BCUT2D eigenvalue weighted by atomic mass is 35.5. The highest BCUT2D eigenvalue weighted by Gasteiger charge is 2.04. The van der Waals surface area contributed by atoms with Crippen LogP contribution in [0.15, 0.2) is 24.3 Å². The third-order valence-electron chi connectivity index (χ3n) is 1.97. The molecule has 0 radical (unpaired) electrons. The Morgan fingerprint density at radius 3 is 2.44 bits per heavy atom. The Bertz CT molecular complexity index is 355. The number of ether oxygens (including phenoxy) is 2. The Morgan fingerprint density at radius 2 is 1.89 bits per heavy atom. The van der Waals surface area contributed by atoms with E-state index in [1.165, 1.54) is 0 Å². The van der Waals surface area contributed by atoms with E-state index in [4.69, 9.17) is 21.1 Å². The summed E-state index contributed by atoms with van der Waals surface area (Å²) >= 11 is 5.72. The summed E-state index contributed by atoms with van der Waals surface area (Å²) in [6, 6.07) is 6.81. The zero-order chi connectivity index (χ0) is 12.7. The lowest BCUT2D eigenvalue weighted by molar-refractivity contribution is -0.146. The molecule has 0 fully saturated rings. The molecule has 1 aromatic rings. The first-order valence-corrected chi connectivity index (χ1v) is 5.64. The summed E-state index contributed by atoms with van der Waals surface area (Å²) in [5.41, 5.74) is 0. The molecule has 0 spiro atoms. The molecule has 6 heteroatoms. The number of hydrogen-bond acceptors (Lipinski definition) is 4. The van der Waals surface area contributed by atoms with Crippen LogP contribution >= 0.6 is 11.6 Å². The van der Waals surface area contributed by atoms with Crippen molar-refractivity contribution >= 4 is 17.6 Å². The molecule has 18 heavy (non-hydrogen) atoms. The van der Waals surface area contributed by atoms with Crippen molar-refractivity contribution in [1.82, 2.24) is 4.90 Å². The molecule has 0 saturated carbocycles. The predicted octanol–water partition coefficient (Wildman–Crippen LogP) is -1.17. The van der Waals surface area contributed by atoms with Crippen LogP contribution in [0.4, 0.5) is 0 Å². The summed E-state index contributed by atoms with van der Waals surface area (Å²) in [5.74, 6) is 0.223. The predicted molar refractivity (Wildman–Crippen MR) is 66.5 cm³/mol. The summed E-state index contributed by atoms with van der Waals surface area (Å²) < 4.78 is 10.2. The van der Waals surface area contributed by atoms with Gasteiger partial charge in [-0.25, -0.2) is 4.79 Å². The standard InChI is InChI=1S/C12H16ClNO3.ClH/c1-14(2)7-8-16-12(15)9-17-11-5-3-10(13)4-6-11;/h3-6H,7-9H2,1-2H3;1H/p-1. The summed E-state index contributed by atoms with van der Waals surface area (Å²) in [6.45, 7) is 0.984. The summed E-state index contributed by atoms with van der Waals surface area (Å²) in [5, 5.41) is 0.630. The van der Waals surface area contributed by atoms with E-state index in [1.54, 1.807) is 24.3 Å². The van der Waals surface area contributed by atoms with Crippen LogP contribution in [0.25, 0.3) is 0 Å². The number of nitrogens with zero attached hydrogens (tertiary/aromatic N) is 1. The van der Waals surface area contributed by atoms with Crippen molar-refractivity contribution in [2.45, 2.75) is 0 Å². The van der Waals surface area contributed by atoms with Crippen molar-refractivity contribution < 1.29 is 26.7 Å². The molecule has 0 unspecified atom stereocenters. The zero-order valence-corrected chi connectivity index (χ0v) is 11.9. The molecular weight excluding hydrogens is 277 g/mol. The fourth-order valence-electron chi connectivity index (χ4n) is 1.06. The second-order valence-electron chi connectivity index (χ2n) is 3.77. The van der Waals surface area contributed by atoms with Crippen molar-refractivity contribution in [3.8, 4) is 5.75 Å². The molecule has 0 amide bonds. The minimum absolute atomic E-state index is 0. The van der Waals surface area contributed by atoms with Crippen LogP contribution in [-0.2, 0) is 9.53 Å². The first kappa shape index (κ1) is 17.0. The fraction of sp³-hybridized carbons (Fsp3) is 0.417. The maximum Gasteiger partial charge on any atom is 0.344 e. The average Bonchev–Trinajstić information content (AvgIpc) is 2.28. The number of halogens is 2. The molecule has 0 aliphatic heterocycles. The van der Waals surface area contributed by atoms with E-state index in [9.17, 15) is 4.79 Å². The van der Waals surface area contributed by atoms with Crippen LogP contribution in [0.1, 0.15) is 0 Å². The Labute approximate surface area is 118 Å². The maximum absolute atomic E-state index is 11.3. The molecule has 0 aromatic heterocycles. The molecule has 102 valence electrons. The summed E-state index contributed by atoms with van der Waals surface area (Å²) in [6.07, 6.45) is 0. The van der Waals surface area contributed by atoms with Gasteiger partial charge >= 0.3 is 5.97 Å². The second kappa shape index (κ2) is 9.03. The number of esters is 1. The SMILES string of the molecule is CN(C)CCOC(=O)COc1ccc(Cl)cc1.[Cl-]. The largest absolute Gasteiger partial charge is 1.00 e. The van der Waals surface area contributed by atoms with Crippen molar-refractivity contribution in [2.24, 2.45) is 0 Å². The monoisotopic (exact) mass is 292 g/mol. The molecule has 0 N–H and O–H groups in total. The minimum Gasteiger partial charge on any atom is -1.00 e. The number of rotatable bonds is 6. The first-order valence-electron chi connectivity index (χ1n) is 5.26. The Balaban J connectivity index is 0.00000289. The van der Waals surface area contributed by atoms with Gasteiger partial charge in [-0.15, -0.1) is 0 Å². The Morgan fingerprint density at radius 1 is 1.28 bits per heavy atom. The third-order valence-corrected chi connectivity index (χ3v) is 2.22. The van der Waals surface area contributed by atoms with Crippen LogP contribution in [-0.4, -0.2) is 44.7 Å². The van der Waals surface area contributed by atoms with E-state index >= 15 is 0 Å². The van der Waals surface area contributed by atoms with Gasteiger partial charge in [-0.2, -0.15) is 0 Å². The van der Waals surface area contributed by atoms with Crippen LogP contribution in [0.3, 0.4) is 0 Å².